The van der Waals surface area contributed by atoms with Crippen molar-refractivity contribution in [3.63, 3.8) is 0 Å². The Morgan fingerprint density at radius 1 is 1.26 bits per heavy atom. The van der Waals surface area contributed by atoms with E-state index in [0.29, 0.717) is 35.7 Å². The molecule has 7 nitrogen and oxygen atoms in total. The number of nitriles is 1. The lowest BCUT2D eigenvalue weighted by Gasteiger charge is -2.26. The molecular formula is C20H16N4O3. The molecule has 0 saturated heterocycles. The second-order valence-electron chi connectivity index (χ2n) is 6.10. The highest BCUT2D eigenvalue weighted by molar-refractivity contribution is 6.04. The molecule has 1 aliphatic heterocycles. The molecule has 134 valence electrons. The topological polar surface area (TPSA) is 89.2 Å². The first-order chi connectivity index (χ1) is 13.2. The van der Waals surface area contributed by atoms with Gasteiger partial charge in [0.25, 0.3) is 5.91 Å². The van der Waals surface area contributed by atoms with Gasteiger partial charge >= 0.3 is 0 Å². The molecule has 1 unspecified atom stereocenters. The van der Waals surface area contributed by atoms with Crippen molar-refractivity contribution in [1.82, 2.24) is 9.78 Å². The van der Waals surface area contributed by atoms with E-state index in [1.807, 2.05) is 30.3 Å². The highest BCUT2D eigenvalue weighted by atomic mass is 16.6. The number of para-hydroxylation sites is 2. The fraction of sp³-hybridized carbons (Fsp3) is 0.150. The zero-order valence-corrected chi connectivity index (χ0v) is 14.3. The first-order valence-electron chi connectivity index (χ1n) is 8.44. The lowest BCUT2D eigenvalue weighted by molar-refractivity contribution is 0.0759. The van der Waals surface area contributed by atoms with Gasteiger partial charge in [-0.15, -0.1) is 0 Å². The van der Waals surface area contributed by atoms with E-state index in [4.69, 9.17) is 14.7 Å². The minimum atomic E-state index is -0.294. The van der Waals surface area contributed by atoms with Crippen LogP contribution >= 0.6 is 0 Å². The Morgan fingerprint density at radius 2 is 2.11 bits per heavy atom. The first kappa shape index (κ1) is 16.7. The molecule has 0 fully saturated rings. The average molecular weight is 360 g/mol. The summed E-state index contributed by atoms with van der Waals surface area (Å²) in [5.74, 6) is 1.16. The molecule has 0 saturated carbocycles. The number of benzene rings is 2. The van der Waals surface area contributed by atoms with E-state index >= 15 is 0 Å². The summed E-state index contributed by atoms with van der Waals surface area (Å²) in [5, 5.41) is 16.0. The Hall–Kier alpha value is -3.79. The van der Waals surface area contributed by atoms with Crippen LogP contribution in [-0.2, 0) is 6.54 Å². The van der Waals surface area contributed by atoms with Crippen molar-refractivity contribution in [1.29, 1.82) is 5.26 Å². The fourth-order valence-corrected chi connectivity index (χ4v) is 2.82. The molecule has 7 heteroatoms. The number of hydrogen-bond acceptors (Lipinski definition) is 5. The summed E-state index contributed by atoms with van der Waals surface area (Å²) < 4.78 is 13.3. The van der Waals surface area contributed by atoms with E-state index in [1.54, 1.807) is 41.3 Å². The molecule has 4 rings (SSSR count). The van der Waals surface area contributed by atoms with Gasteiger partial charge in [-0.25, -0.2) is 0 Å². The van der Waals surface area contributed by atoms with E-state index < -0.39 is 0 Å². The van der Waals surface area contributed by atoms with Crippen LogP contribution < -0.4 is 14.8 Å². The zero-order chi connectivity index (χ0) is 18.6. The van der Waals surface area contributed by atoms with E-state index in [0.717, 1.165) is 5.75 Å². The molecule has 1 aliphatic rings. The van der Waals surface area contributed by atoms with Crippen LogP contribution in [0.3, 0.4) is 0 Å². The van der Waals surface area contributed by atoms with Gasteiger partial charge in [-0.05, 0) is 30.3 Å². The van der Waals surface area contributed by atoms with E-state index in [9.17, 15) is 4.79 Å². The van der Waals surface area contributed by atoms with Gasteiger partial charge in [-0.2, -0.15) is 10.4 Å². The largest absolute Gasteiger partial charge is 0.486 e. The molecule has 1 aromatic heterocycles. The van der Waals surface area contributed by atoms with Crippen LogP contribution in [0.2, 0.25) is 0 Å². The van der Waals surface area contributed by atoms with Crippen molar-refractivity contribution in [3.8, 4) is 17.6 Å². The quantitative estimate of drug-likeness (QED) is 0.773. The number of fused-ring (bicyclic) bond motifs is 1. The van der Waals surface area contributed by atoms with Crippen LogP contribution in [0.1, 0.15) is 15.9 Å². The van der Waals surface area contributed by atoms with Crippen molar-refractivity contribution < 1.29 is 14.3 Å². The normalized spacial score (nSPS) is 15.0. The third kappa shape index (κ3) is 3.75. The molecular weight excluding hydrogens is 344 g/mol. The number of anilines is 1. The van der Waals surface area contributed by atoms with Gasteiger partial charge in [-0.3, -0.25) is 9.48 Å². The Balaban J connectivity index is 1.39. The van der Waals surface area contributed by atoms with Crippen molar-refractivity contribution in [2.45, 2.75) is 12.6 Å². The molecule has 2 aromatic carbocycles. The lowest BCUT2D eigenvalue weighted by atomic mass is 10.1. The maximum Gasteiger partial charge on any atom is 0.255 e. The van der Waals surface area contributed by atoms with Gasteiger partial charge < -0.3 is 14.8 Å². The summed E-state index contributed by atoms with van der Waals surface area (Å²) in [6.07, 6.45) is 3.13. The van der Waals surface area contributed by atoms with Crippen molar-refractivity contribution in [2.24, 2.45) is 0 Å². The lowest BCUT2D eigenvalue weighted by Crippen LogP contribution is -2.33. The number of rotatable bonds is 4. The van der Waals surface area contributed by atoms with Gasteiger partial charge in [0.05, 0.1) is 30.1 Å². The Bertz CT molecular complexity index is 1020. The van der Waals surface area contributed by atoms with Crippen LogP contribution in [0.15, 0.2) is 60.9 Å². The van der Waals surface area contributed by atoms with Crippen LogP contribution in [0, 0.1) is 11.3 Å². The highest BCUT2D eigenvalue weighted by Crippen LogP contribution is 2.31. The Morgan fingerprint density at radius 3 is 2.96 bits per heavy atom. The third-order valence-electron chi connectivity index (χ3n) is 4.10. The van der Waals surface area contributed by atoms with Gasteiger partial charge in [-0.1, -0.05) is 18.2 Å². The average Bonchev–Trinajstić information content (AvgIpc) is 3.14. The maximum atomic E-state index is 12.3. The summed E-state index contributed by atoms with van der Waals surface area (Å²) in [6.45, 7) is 0.924. The van der Waals surface area contributed by atoms with Crippen molar-refractivity contribution in [3.05, 3.63) is 72.1 Å². The first-order valence-corrected chi connectivity index (χ1v) is 8.44. The van der Waals surface area contributed by atoms with Gasteiger partial charge in [0.2, 0.25) is 0 Å². The number of nitrogens with one attached hydrogen (secondary N) is 1. The molecule has 27 heavy (non-hydrogen) atoms. The van der Waals surface area contributed by atoms with Crippen LogP contribution in [0.5, 0.6) is 11.5 Å². The summed E-state index contributed by atoms with van der Waals surface area (Å²) in [4.78, 5) is 12.3. The number of hydrogen-bond donors (Lipinski definition) is 1. The van der Waals surface area contributed by atoms with Gasteiger partial charge in [0, 0.05) is 11.8 Å². The number of nitrogens with zero attached hydrogens (tertiary/aromatic N) is 3. The summed E-state index contributed by atoms with van der Waals surface area (Å²) in [7, 11) is 0. The number of ether oxygens (including phenoxy) is 2. The number of carbonyl (C=O) groups is 1. The number of carbonyl (C=O) groups excluding carboxylic acids is 1. The fourth-order valence-electron chi connectivity index (χ4n) is 2.82. The van der Waals surface area contributed by atoms with Crippen molar-refractivity contribution in [2.75, 3.05) is 11.9 Å². The summed E-state index contributed by atoms with van der Waals surface area (Å²) >= 11 is 0. The predicted octanol–water partition coefficient (Wildman–Crippen LogP) is 2.85. The Kier molecular flexibility index (Phi) is 4.45. The maximum absolute atomic E-state index is 12.3. The molecule has 0 aliphatic carbocycles. The molecule has 0 spiro atoms. The zero-order valence-electron chi connectivity index (χ0n) is 14.3. The molecule has 0 bridgehead atoms. The molecule has 1 N–H and O–H groups in total. The van der Waals surface area contributed by atoms with Gasteiger partial charge in [0.15, 0.2) is 17.6 Å². The second-order valence-corrected chi connectivity index (χ2v) is 6.10. The minimum Gasteiger partial charge on any atom is -0.486 e. The highest BCUT2D eigenvalue weighted by Gasteiger charge is 2.21. The van der Waals surface area contributed by atoms with Crippen LogP contribution in [0.25, 0.3) is 0 Å². The molecule has 1 amide bonds. The van der Waals surface area contributed by atoms with Crippen LogP contribution in [-0.4, -0.2) is 28.4 Å². The third-order valence-corrected chi connectivity index (χ3v) is 4.10. The SMILES string of the molecule is N#Cc1cccc(C(=O)Nc2cnn(CC3COc4ccccc4O3)c2)c1. The molecule has 0 radical (unpaired) electrons. The smallest absolute Gasteiger partial charge is 0.255 e. The van der Waals surface area contributed by atoms with Crippen LogP contribution in [0.4, 0.5) is 5.69 Å². The standard InChI is InChI=1S/C20H16N4O3/c21-9-14-4-3-5-15(8-14)20(25)23-16-10-22-24(11-16)12-17-13-26-18-6-1-2-7-19(18)27-17/h1-8,10-11,17H,12-13H2,(H,23,25). The number of aromatic nitrogens is 2. The second kappa shape index (κ2) is 7.22. The molecule has 1 atom stereocenters. The monoisotopic (exact) mass is 360 g/mol. The summed E-state index contributed by atoms with van der Waals surface area (Å²) in [6, 6.07) is 16.1. The predicted molar refractivity (Wildman–Crippen MR) is 97.7 cm³/mol. The van der Waals surface area contributed by atoms with E-state index in [1.165, 1.54) is 0 Å². The van der Waals surface area contributed by atoms with Crippen molar-refractivity contribution >= 4 is 11.6 Å². The van der Waals surface area contributed by atoms with E-state index in [2.05, 4.69) is 10.4 Å². The van der Waals surface area contributed by atoms with Gasteiger partial charge in [0.1, 0.15) is 6.61 Å². The number of amides is 1. The minimum absolute atomic E-state index is 0.171. The summed E-state index contributed by atoms with van der Waals surface area (Å²) in [5.41, 5.74) is 1.43. The Labute approximate surface area is 155 Å². The van der Waals surface area contributed by atoms with E-state index in [-0.39, 0.29) is 12.0 Å². The molecule has 2 heterocycles. The molecule has 3 aromatic rings.